The van der Waals surface area contributed by atoms with E-state index in [0.717, 1.165) is 39.2 Å². The fourth-order valence-electron chi connectivity index (χ4n) is 4.02. The third kappa shape index (κ3) is 3.82. The smallest absolute Gasteiger partial charge is 0.340 e. The number of para-hydroxylation sites is 1. The van der Waals surface area contributed by atoms with E-state index in [-0.39, 0.29) is 0 Å². The Balaban J connectivity index is 1.66. The highest BCUT2D eigenvalue weighted by molar-refractivity contribution is 7.98. The molecule has 0 bridgehead atoms. The minimum atomic E-state index is -0.415. The van der Waals surface area contributed by atoms with Crippen LogP contribution in [-0.2, 0) is 10.5 Å². The van der Waals surface area contributed by atoms with Crippen LogP contribution in [0, 0.1) is 13.8 Å². The molecule has 33 heavy (non-hydrogen) atoms. The molecule has 0 saturated carbocycles. The summed E-state index contributed by atoms with van der Waals surface area (Å²) in [6.45, 7) is 3.86. The van der Waals surface area contributed by atoms with Crippen molar-refractivity contribution in [1.82, 2.24) is 24.6 Å². The number of ether oxygens (including phenoxy) is 1. The van der Waals surface area contributed by atoms with Crippen molar-refractivity contribution >= 4 is 34.3 Å². The van der Waals surface area contributed by atoms with Gasteiger partial charge in [0.2, 0.25) is 0 Å². The second-order valence-electron chi connectivity index (χ2n) is 7.59. The number of aromatic nitrogens is 5. The maximum atomic E-state index is 13.0. The second kappa shape index (κ2) is 8.63. The molecule has 0 atom stereocenters. The van der Waals surface area contributed by atoms with E-state index in [1.54, 1.807) is 0 Å². The number of aryl methyl sites for hydroxylation is 2. The van der Waals surface area contributed by atoms with Crippen LogP contribution >= 0.6 is 11.8 Å². The van der Waals surface area contributed by atoms with Gasteiger partial charge in [0.25, 0.3) is 0 Å². The minimum Gasteiger partial charge on any atom is -0.465 e. The predicted molar refractivity (Wildman–Crippen MR) is 128 cm³/mol. The second-order valence-corrected chi connectivity index (χ2v) is 8.54. The minimum absolute atomic E-state index is 0.415. The molecule has 0 amide bonds. The molecule has 5 rings (SSSR count). The van der Waals surface area contributed by atoms with Crippen molar-refractivity contribution in [3.63, 3.8) is 0 Å². The number of carbonyl (C=O) groups excluding carboxylic acids is 1. The molecule has 3 aromatic heterocycles. The lowest BCUT2D eigenvalue weighted by Crippen LogP contribution is -2.10. The van der Waals surface area contributed by atoms with E-state index in [1.165, 1.54) is 18.9 Å². The van der Waals surface area contributed by atoms with Gasteiger partial charge in [0, 0.05) is 28.5 Å². The molecule has 5 aromatic rings. The molecule has 164 valence electrons. The van der Waals surface area contributed by atoms with Crippen molar-refractivity contribution < 1.29 is 9.53 Å². The Morgan fingerprint density at radius 2 is 1.76 bits per heavy atom. The van der Waals surface area contributed by atoms with Crippen molar-refractivity contribution in [2.75, 3.05) is 7.11 Å². The topological polar surface area (TPSA) is 82.3 Å². The Bertz CT molecular complexity index is 1500. The van der Waals surface area contributed by atoms with Crippen molar-refractivity contribution in [1.29, 1.82) is 0 Å². The van der Waals surface area contributed by atoms with Gasteiger partial charge in [0.1, 0.15) is 5.82 Å². The number of hydrogen-bond donors (Lipinski definition) is 0. The van der Waals surface area contributed by atoms with Crippen LogP contribution < -0.4 is 0 Å². The Labute approximate surface area is 194 Å². The lowest BCUT2D eigenvalue weighted by atomic mass is 9.94. The quantitative estimate of drug-likeness (QED) is 0.271. The largest absolute Gasteiger partial charge is 0.465 e. The Kier molecular flexibility index (Phi) is 5.51. The number of esters is 1. The SMILES string of the molecule is COC(=O)c1c(CSc2nnc3cc(C)nc(C)n23)nc2ccccc2c1-c1ccccc1. The summed E-state index contributed by atoms with van der Waals surface area (Å²) in [5.41, 5.74) is 5.31. The van der Waals surface area contributed by atoms with Gasteiger partial charge < -0.3 is 4.74 Å². The molecule has 0 radical (unpaired) electrons. The first-order valence-corrected chi connectivity index (χ1v) is 11.4. The van der Waals surface area contributed by atoms with Crippen molar-refractivity contribution in [2.45, 2.75) is 24.8 Å². The van der Waals surface area contributed by atoms with Crippen LogP contribution in [0.5, 0.6) is 0 Å². The van der Waals surface area contributed by atoms with E-state index in [9.17, 15) is 4.79 Å². The number of rotatable bonds is 5. The fourth-order valence-corrected chi connectivity index (χ4v) is 4.95. The van der Waals surface area contributed by atoms with Gasteiger partial charge in [-0.05, 0) is 25.5 Å². The summed E-state index contributed by atoms with van der Waals surface area (Å²) in [4.78, 5) is 22.4. The number of nitrogens with zero attached hydrogens (tertiary/aromatic N) is 5. The lowest BCUT2D eigenvalue weighted by molar-refractivity contribution is 0.0600. The van der Waals surface area contributed by atoms with E-state index < -0.39 is 5.97 Å². The maximum Gasteiger partial charge on any atom is 0.340 e. The standard InChI is InChI=1S/C25H21N5O2S/c1-15-13-21-28-29-25(30(21)16(2)26-15)33-14-20-23(24(31)32-3)22(17-9-5-4-6-10-17)18-11-7-8-12-19(18)27-20/h4-13H,14H2,1-3H3. The van der Waals surface area contributed by atoms with Gasteiger partial charge in [-0.25, -0.2) is 9.78 Å². The Morgan fingerprint density at radius 3 is 2.55 bits per heavy atom. The highest BCUT2D eigenvalue weighted by atomic mass is 32.2. The molecule has 8 heteroatoms. The van der Waals surface area contributed by atoms with Gasteiger partial charge >= 0.3 is 5.97 Å². The van der Waals surface area contributed by atoms with Crippen LogP contribution in [0.3, 0.4) is 0 Å². The van der Waals surface area contributed by atoms with E-state index in [1.807, 2.05) is 78.9 Å². The number of benzene rings is 2. The zero-order chi connectivity index (χ0) is 22.9. The van der Waals surface area contributed by atoms with Gasteiger partial charge in [-0.3, -0.25) is 9.38 Å². The average molecular weight is 456 g/mol. The first-order chi connectivity index (χ1) is 16.1. The van der Waals surface area contributed by atoms with E-state index in [0.29, 0.717) is 22.2 Å². The molecule has 2 aromatic carbocycles. The van der Waals surface area contributed by atoms with Crippen LogP contribution in [0.2, 0.25) is 0 Å². The highest BCUT2D eigenvalue weighted by Gasteiger charge is 2.23. The molecule has 0 aliphatic heterocycles. The molecule has 0 saturated heterocycles. The summed E-state index contributed by atoms with van der Waals surface area (Å²) in [5.74, 6) is 0.813. The molecule has 0 fully saturated rings. The molecular formula is C25H21N5O2S. The van der Waals surface area contributed by atoms with Crippen molar-refractivity contribution in [3.05, 3.63) is 83.4 Å². The van der Waals surface area contributed by atoms with Crippen LogP contribution in [0.25, 0.3) is 27.7 Å². The molecule has 7 nitrogen and oxygen atoms in total. The first-order valence-electron chi connectivity index (χ1n) is 10.4. The maximum absolute atomic E-state index is 13.0. The summed E-state index contributed by atoms with van der Waals surface area (Å²) in [6, 6.07) is 19.6. The molecule has 3 heterocycles. The Morgan fingerprint density at radius 1 is 1.00 bits per heavy atom. The normalized spacial score (nSPS) is 11.2. The lowest BCUT2D eigenvalue weighted by Gasteiger charge is -2.16. The predicted octanol–water partition coefficient (Wildman–Crippen LogP) is 5.04. The molecular weight excluding hydrogens is 434 g/mol. The fraction of sp³-hybridized carbons (Fsp3) is 0.160. The molecule has 0 aliphatic carbocycles. The number of carbonyl (C=O) groups is 1. The third-order valence-electron chi connectivity index (χ3n) is 5.42. The van der Waals surface area contributed by atoms with Crippen LogP contribution in [-0.4, -0.2) is 37.6 Å². The summed E-state index contributed by atoms with van der Waals surface area (Å²) >= 11 is 1.46. The van der Waals surface area contributed by atoms with E-state index in [2.05, 4.69) is 15.2 Å². The average Bonchev–Trinajstić information content (AvgIpc) is 3.24. The zero-order valence-corrected chi connectivity index (χ0v) is 19.3. The first kappa shape index (κ1) is 21.1. The van der Waals surface area contributed by atoms with Crippen LogP contribution in [0.1, 0.15) is 27.6 Å². The van der Waals surface area contributed by atoms with Crippen LogP contribution in [0.15, 0.2) is 65.8 Å². The van der Waals surface area contributed by atoms with Gasteiger partial charge in [-0.1, -0.05) is 60.3 Å². The number of pyridine rings is 1. The van der Waals surface area contributed by atoms with Crippen LogP contribution in [0.4, 0.5) is 0 Å². The number of methoxy groups -OCH3 is 1. The summed E-state index contributed by atoms with van der Waals surface area (Å²) in [7, 11) is 1.40. The molecule has 0 N–H and O–H groups in total. The number of fused-ring (bicyclic) bond motifs is 2. The van der Waals surface area contributed by atoms with Crippen molar-refractivity contribution in [2.24, 2.45) is 0 Å². The number of thioether (sulfide) groups is 1. The van der Waals surface area contributed by atoms with Gasteiger partial charge in [-0.2, -0.15) is 0 Å². The monoisotopic (exact) mass is 455 g/mol. The van der Waals surface area contributed by atoms with Gasteiger partial charge in [0.05, 0.1) is 23.9 Å². The highest BCUT2D eigenvalue weighted by Crippen LogP contribution is 2.35. The number of hydrogen-bond acceptors (Lipinski definition) is 7. The molecule has 0 aliphatic rings. The van der Waals surface area contributed by atoms with Crippen molar-refractivity contribution in [3.8, 4) is 11.1 Å². The zero-order valence-electron chi connectivity index (χ0n) is 18.4. The molecule has 0 unspecified atom stereocenters. The summed E-state index contributed by atoms with van der Waals surface area (Å²) in [5, 5.41) is 10.2. The van der Waals surface area contributed by atoms with Gasteiger partial charge in [-0.15, -0.1) is 10.2 Å². The summed E-state index contributed by atoms with van der Waals surface area (Å²) in [6.07, 6.45) is 0. The Hall–Kier alpha value is -3.78. The van der Waals surface area contributed by atoms with E-state index in [4.69, 9.17) is 9.72 Å². The third-order valence-corrected chi connectivity index (χ3v) is 6.36. The van der Waals surface area contributed by atoms with E-state index >= 15 is 0 Å². The van der Waals surface area contributed by atoms with Gasteiger partial charge in [0.15, 0.2) is 10.8 Å². The summed E-state index contributed by atoms with van der Waals surface area (Å²) < 4.78 is 7.11. The molecule has 0 spiro atoms.